The van der Waals surface area contributed by atoms with Crippen molar-refractivity contribution in [3.63, 3.8) is 0 Å². The van der Waals surface area contributed by atoms with Gasteiger partial charge in [-0.2, -0.15) is 0 Å². The summed E-state index contributed by atoms with van der Waals surface area (Å²) < 4.78 is 11.5. The van der Waals surface area contributed by atoms with Crippen LogP contribution in [-0.4, -0.2) is 53.7 Å². The van der Waals surface area contributed by atoms with Crippen LogP contribution in [0.4, 0.5) is 4.79 Å². The molecule has 1 aromatic carbocycles. The van der Waals surface area contributed by atoms with E-state index >= 15 is 0 Å². The topological polar surface area (TPSA) is 71.1 Å². The number of carbonyl (C=O) groups is 2. The maximum atomic E-state index is 13.2. The highest BCUT2D eigenvalue weighted by atomic mass is 16.5. The fourth-order valence-electron chi connectivity index (χ4n) is 4.88. The predicted octanol–water partition coefficient (Wildman–Crippen LogP) is 3.30. The van der Waals surface area contributed by atoms with E-state index in [9.17, 15) is 9.59 Å². The van der Waals surface area contributed by atoms with E-state index in [4.69, 9.17) is 9.47 Å². The molecule has 0 atom stereocenters. The van der Waals surface area contributed by atoms with Gasteiger partial charge < -0.3 is 14.8 Å². The fourth-order valence-corrected chi connectivity index (χ4v) is 4.88. The van der Waals surface area contributed by atoms with Crippen molar-refractivity contribution in [1.82, 2.24) is 15.1 Å². The number of hydrogen-bond acceptors (Lipinski definition) is 5. The third-order valence-corrected chi connectivity index (χ3v) is 6.67. The van der Waals surface area contributed by atoms with Gasteiger partial charge in [-0.3, -0.25) is 9.69 Å². The molecule has 1 spiro atoms. The van der Waals surface area contributed by atoms with Gasteiger partial charge in [0.2, 0.25) is 0 Å². The van der Waals surface area contributed by atoms with Gasteiger partial charge in [-0.25, -0.2) is 9.69 Å². The molecular formula is C23H33N3O4. The van der Waals surface area contributed by atoms with Crippen molar-refractivity contribution in [1.29, 1.82) is 0 Å². The highest BCUT2D eigenvalue weighted by Gasteiger charge is 2.52. The Kier molecular flexibility index (Phi) is 5.91. The van der Waals surface area contributed by atoms with Crippen LogP contribution in [0, 0.1) is 5.92 Å². The Bertz CT molecular complexity index is 817. The summed E-state index contributed by atoms with van der Waals surface area (Å²) in [5.74, 6) is 2.11. The van der Waals surface area contributed by atoms with Gasteiger partial charge in [0.25, 0.3) is 5.91 Å². The molecule has 1 aliphatic carbocycles. The first-order valence-electron chi connectivity index (χ1n) is 11.2. The zero-order valence-electron chi connectivity index (χ0n) is 18.3. The van der Waals surface area contributed by atoms with E-state index in [0.717, 1.165) is 50.1 Å². The predicted molar refractivity (Wildman–Crippen MR) is 114 cm³/mol. The summed E-state index contributed by atoms with van der Waals surface area (Å²) >= 11 is 0. The molecule has 1 aromatic rings. The van der Waals surface area contributed by atoms with E-state index in [1.807, 2.05) is 19.9 Å². The molecular weight excluding hydrogens is 382 g/mol. The molecule has 1 saturated heterocycles. The van der Waals surface area contributed by atoms with Gasteiger partial charge in [0, 0.05) is 13.1 Å². The zero-order chi connectivity index (χ0) is 21.3. The molecule has 164 valence electrons. The van der Waals surface area contributed by atoms with Gasteiger partial charge in [0.15, 0.2) is 11.5 Å². The molecule has 2 heterocycles. The Balaban J connectivity index is 1.47. The summed E-state index contributed by atoms with van der Waals surface area (Å²) in [6.07, 6.45) is 4.32. The molecule has 0 bridgehead atoms. The first kappa shape index (κ1) is 21.0. The minimum atomic E-state index is -0.675. The number of rotatable bonds is 6. The average molecular weight is 416 g/mol. The monoisotopic (exact) mass is 415 g/mol. The van der Waals surface area contributed by atoms with Gasteiger partial charge in [-0.15, -0.1) is 0 Å². The number of fused-ring (bicyclic) bond motifs is 1. The maximum absolute atomic E-state index is 13.2. The normalized spacial score (nSPS) is 26.6. The molecule has 7 heteroatoms. The number of urea groups is 1. The van der Waals surface area contributed by atoms with E-state index < -0.39 is 5.54 Å². The lowest BCUT2D eigenvalue weighted by molar-refractivity contribution is -0.134. The Morgan fingerprint density at radius 2 is 1.70 bits per heavy atom. The van der Waals surface area contributed by atoms with Crippen molar-refractivity contribution < 1.29 is 19.1 Å². The molecule has 2 fully saturated rings. The summed E-state index contributed by atoms with van der Waals surface area (Å²) in [7, 11) is 0. The molecule has 0 unspecified atom stereocenters. The molecule has 0 radical (unpaired) electrons. The highest BCUT2D eigenvalue weighted by Crippen LogP contribution is 2.37. The number of carbonyl (C=O) groups excluding carboxylic acids is 2. The Morgan fingerprint density at radius 3 is 2.33 bits per heavy atom. The third kappa shape index (κ3) is 3.87. The number of nitrogens with zero attached hydrogens (tertiary/aromatic N) is 2. The van der Waals surface area contributed by atoms with Crippen LogP contribution < -0.4 is 14.8 Å². The number of nitrogens with one attached hydrogen (secondary N) is 1. The second kappa shape index (κ2) is 8.46. The van der Waals surface area contributed by atoms with Crippen LogP contribution in [0.1, 0.15) is 57.6 Å². The van der Waals surface area contributed by atoms with Crippen LogP contribution >= 0.6 is 0 Å². The minimum absolute atomic E-state index is 0.0492. The van der Waals surface area contributed by atoms with E-state index in [1.54, 1.807) is 0 Å². The second-order valence-electron chi connectivity index (χ2n) is 8.81. The van der Waals surface area contributed by atoms with Crippen molar-refractivity contribution in [2.75, 3.05) is 26.4 Å². The van der Waals surface area contributed by atoms with E-state index in [1.165, 1.54) is 16.0 Å². The number of hydrogen-bond donors (Lipinski definition) is 1. The van der Waals surface area contributed by atoms with Gasteiger partial charge in [0.05, 0.1) is 19.9 Å². The molecule has 1 N–H and O–H groups in total. The molecule has 7 nitrogen and oxygen atoms in total. The van der Waals surface area contributed by atoms with Gasteiger partial charge >= 0.3 is 6.03 Å². The zero-order valence-corrected chi connectivity index (χ0v) is 18.3. The molecule has 30 heavy (non-hydrogen) atoms. The van der Waals surface area contributed by atoms with Crippen LogP contribution in [0.15, 0.2) is 12.1 Å². The third-order valence-electron chi connectivity index (χ3n) is 6.67. The summed E-state index contributed by atoms with van der Waals surface area (Å²) in [5, 5.41) is 3.02. The number of ether oxygens (including phenoxy) is 2. The van der Waals surface area contributed by atoms with Crippen LogP contribution in [0.2, 0.25) is 0 Å². The Labute approximate surface area is 178 Å². The molecule has 1 saturated carbocycles. The van der Waals surface area contributed by atoms with Crippen LogP contribution in [-0.2, 0) is 17.8 Å². The Morgan fingerprint density at radius 1 is 1.07 bits per heavy atom. The second-order valence-corrected chi connectivity index (χ2v) is 8.81. The van der Waals surface area contributed by atoms with E-state index in [0.29, 0.717) is 32.3 Å². The summed E-state index contributed by atoms with van der Waals surface area (Å²) in [4.78, 5) is 29.4. The summed E-state index contributed by atoms with van der Waals surface area (Å²) in [6, 6.07) is 3.88. The first-order chi connectivity index (χ1) is 14.5. The smallest absolute Gasteiger partial charge is 0.326 e. The summed E-state index contributed by atoms with van der Waals surface area (Å²) in [5.41, 5.74) is 1.74. The van der Waals surface area contributed by atoms with Crippen molar-refractivity contribution in [2.24, 2.45) is 5.92 Å². The van der Waals surface area contributed by atoms with Gasteiger partial charge in [-0.05, 0) is 75.1 Å². The number of benzene rings is 1. The minimum Gasteiger partial charge on any atom is -0.490 e. The maximum Gasteiger partial charge on any atom is 0.326 e. The van der Waals surface area contributed by atoms with Crippen LogP contribution in [0.25, 0.3) is 0 Å². The quantitative estimate of drug-likeness (QED) is 0.722. The lowest BCUT2D eigenvalue weighted by Gasteiger charge is -2.34. The largest absolute Gasteiger partial charge is 0.490 e. The summed E-state index contributed by atoms with van der Waals surface area (Å²) in [6.45, 7) is 9.12. The molecule has 3 aliphatic rings. The number of imide groups is 1. The van der Waals surface area contributed by atoms with Crippen molar-refractivity contribution in [2.45, 2.75) is 65.0 Å². The van der Waals surface area contributed by atoms with Crippen molar-refractivity contribution in [3.8, 4) is 11.5 Å². The van der Waals surface area contributed by atoms with Crippen LogP contribution in [0.5, 0.6) is 11.5 Å². The van der Waals surface area contributed by atoms with Gasteiger partial charge in [0.1, 0.15) is 5.54 Å². The highest BCUT2D eigenvalue weighted by molar-refractivity contribution is 6.07. The number of amides is 3. The average Bonchev–Trinajstić information content (AvgIpc) is 2.95. The van der Waals surface area contributed by atoms with E-state index in [2.05, 4.69) is 23.2 Å². The van der Waals surface area contributed by atoms with Crippen molar-refractivity contribution in [3.05, 3.63) is 23.3 Å². The van der Waals surface area contributed by atoms with Crippen LogP contribution in [0.3, 0.4) is 0 Å². The Hall–Kier alpha value is -2.28. The van der Waals surface area contributed by atoms with Crippen molar-refractivity contribution >= 4 is 11.9 Å². The SMILES string of the molecule is CCOc1cc2c(cc1OCC)CN(CN1C(=O)NC3(CCC(C)CC3)C1=O)CC2. The van der Waals surface area contributed by atoms with Gasteiger partial charge in [-0.1, -0.05) is 6.92 Å². The molecule has 4 rings (SSSR count). The molecule has 2 aliphatic heterocycles. The standard InChI is InChI=1S/C23H33N3O4/c1-4-29-19-12-17-8-11-25(14-18(17)13-20(19)30-5-2)15-26-21(27)23(24-22(26)28)9-6-16(3)7-10-23/h12-13,16H,4-11,14-15H2,1-3H3,(H,24,28). The lowest BCUT2D eigenvalue weighted by Crippen LogP contribution is -2.50. The lowest BCUT2D eigenvalue weighted by atomic mass is 9.77. The van der Waals surface area contributed by atoms with E-state index in [-0.39, 0.29) is 11.9 Å². The molecule has 3 amide bonds. The first-order valence-corrected chi connectivity index (χ1v) is 11.2. The fraction of sp³-hybridized carbons (Fsp3) is 0.652. The molecule has 0 aromatic heterocycles.